The van der Waals surface area contributed by atoms with Gasteiger partial charge in [-0.05, 0) is 34.7 Å². The van der Waals surface area contributed by atoms with Crippen LogP contribution in [0.1, 0.15) is 39.2 Å². The Kier molecular flexibility index (Phi) is 4.79. The summed E-state index contributed by atoms with van der Waals surface area (Å²) in [7, 11) is 0. The van der Waals surface area contributed by atoms with Crippen molar-refractivity contribution in [2.75, 3.05) is 0 Å². The van der Waals surface area contributed by atoms with E-state index in [9.17, 15) is 4.79 Å². The fourth-order valence-corrected chi connectivity index (χ4v) is 2.01. The molecular formula is C19H22O2. The molecule has 2 heteroatoms. The second-order valence-corrected chi connectivity index (χ2v) is 5.88. The van der Waals surface area contributed by atoms with E-state index in [1.807, 2.05) is 38.1 Å². The molecule has 2 nitrogen and oxygen atoms in total. The molecule has 0 atom stereocenters. The van der Waals surface area contributed by atoms with Gasteiger partial charge in [-0.2, -0.15) is 0 Å². The van der Waals surface area contributed by atoms with Gasteiger partial charge in [0, 0.05) is 0 Å². The monoisotopic (exact) mass is 282 g/mol. The molecule has 0 radical (unpaired) electrons. The highest BCUT2D eigenvalue weighted by molar-refractivity contribution is 5.74. The molecule has 0 fully saturated rings. The number of benzene rings is 2. The van der Waals surface area contributed by atoms with E-state index < -0.39 is 0 Å². The number of rotatable bonds is 4. The zero-order valence-electron chi connectivity index (χ0n) is 13.1. The highest BCUT2D eigenvalue weighted by Gasteiger charge is 2.09. The number of carbonyl (C=O) groups excluding carboxylic acids is 1. The molecule has 0 saturated carbocycles. The lowest BCUT2D eigenvalue weighted by Gasteiger charge is -2.09. The third kappa shape index (κ3) is 3.94. The van der Waals surface area contributed by atoms with Gasteiger partial charge in [0.2, 0.25) is 0 Å². The van der Waals surface area contributed by atoms with Crippen molar-refractivity contribution in [3.8, 4) is 16.9 Å². The molecule has 0 heterocycles. The minimum atomic E-state index is -0.205. The van der Waals surface area contributed by atoms with Crippen LogP contribution in [-0.4, -0.2) is 5.97 Å². The first kappa shape index (κ1) is 15.3. The van der Waals surface area contributed by atoms with Gasteiger partial charge in [0.15, 0.2) is 0 Å². The summed E-state index contributed by atoms with van der Waals surface area (Å²) in [5.41, 5.74) is 3.62. The third-order valence-corrected chi connectivity index (χ3v) is 3.45. The Morgan fingerprint density at radius 1 is 0.810 bits per heavy atom. The van der Waals surface area contributed by atoms with Crippen LogP contribution in [0.3, 0.4) is 0 Å². The predicted molar refractivity (Wildman–Crippen MR) is 86.4 cm³/mol. The van der Waals surface area contributed by atoms with E-state index in [0.717, 1.165) is 5.56 Å². The first-order chi connectivity index (χ1) is 9.97. The molecule has 21 heavy (non-hydrogen) atoms. The molecule has 0 bridgehead atoms. The maximum absolute atomic E-state index is 11.5. The molecule has 0 aliphatic rings. The largest absolute Gasteiger partial charge is 0.426 e. The average Bonchev–Trinajstić information content (AvgIpc) is 2.48. The number of ether oxygens (including phenoxy) is 1. The van der Waals surface area contributed by atoms with Crippen LogP contribution in [0.2, 0.25) is 0 Å². The minimum absolute atomic E-state index is 0.117. The number of hydrogen-bond donors (Lipinski definition) is 0. The normalized spacial score (nSPS) is 11.0. The molecule has 0 aromatic heterocycles. The van der Waals surface area contributed by atoms with E-state index in [-0.39, 0.29) is 11.9 Å². The maximum Gasteiger partial charge on any atom is 0.313 e. The molecule has 0 aliphatic carbocycles. The van der Waals surface area contributed by atoms with E-state index in [0.29, 0.717) is 11.7 Å². The lowest BCUT2D eigenvalue weighted by Crippen LogP contribution is -2.14. The van der Waals surface area contributed by atoms with Gasteiger partial charge >= 0.3 is 5.97 Å². The van der Waals surface area contributed by atoms with Gasteiger partial charge in [-0.25, -0.2) is 0 Å². The standard InChI is InChI=1S/C19H22O2/c1-13(2)15-5-7-16(8-6-15)17-9-11-18(12-10-17)21-19(20)14(3)4/h5-14H,1-4H3. The molecule has 0 saturated heterocycles. The Balaban J connectivity index is 2.13. The van der Waals surface area contributed by atoms with Crippen molar-refractivity contribution in [3.63, 3.8) is 0 Å². The van der Waals surface area contributed by atoms with E-state index in [1.165, 1.54) is 11.1 Å². The van der Waals surface area contributed by atoms with Crippen molar-refractivity contribution >= 4 is 5.97 Å². The first-order valence-corrected chi connectivity index (χ1v) is 7.39. The Hall–Kier alpha value is -2.09. The number of carbonyl (C=O) groups is 1. The van der Waals surface area contributed by atoms with Crippen LogP contribution in [0.5, 0.6) is 5.75 Å². The molecule has 2 rings (SSSR count). The zero-order valence-corrected chi connectivity index (χ0v) is 13.1. The molecule has 0 aliphatic heterocycles. The van der Waals surface area contributed by atoms with Crippen molar-refractivity contribution in [3.05, 3.63) is 54.1 Å². The average molecular weight is 282 g/mol. The fraction of sp³-hybridized carbons (Fsp3) is 0.316. The third-order valence-electron chi connectivity index (χ3n) is 3.45. The summed E-state index contributed by atoms with van der Waals surface area (Å²) in [5, 5.41) is 0. The van der Waals surface area contributed by atoms with E-state index in [1.54, 1.807) is 0 Å². The van der Waals surface area contributed by atoms with Crippen molar-refractivity contribution in [2.45, 2.75) is 33.6 Å². The SMILES string of the molecule is CC(C)C(=O)Oc1ccc(-c2ccc(C(C)C)cc2)cc1. The Labute approximate surface area is 126 Å². The topological polar surface area (TPSA) is 26.3 Å². The summed E-state index contributed by atoms with van der Waals surface area (Å²) in [6, 6.07) is 16.2. The van der Waals surface area contributed by atoms with Gasteiger partial charge < -0.3 is 4.74 Å². The molecule has 0 amide bonds. The molecule has 110 valence electrons. The van der Waals surface area contributed by atoms with Gasteiger partial charge in [0.25, 0.3) is 0 Å². The summed E-state index contributed by atoms with van der Waals surface area (Å²) in [6.07, 6.45) is 0. The highest BCUT2D eigenvalue weighted by Crippen LogP contribution is 2.25. The zero-order chi connectivity index (χ0) is 15.4. The predicted octanol–water partition coefficient (Wildman–Crippen LogP) is 5.04. The smallest absolute Gasteiger partial charge is 0.313 e. The highest BCUT2D eigenvalue weighted by atomic mass is 16.5. The first-order valence-electron chi connectivity index (χ1n) is 7.39. The van der Waals surface area contributed by atoms with Gasteiger partial charge in [-0.3, -0.25) is 4.79 Å². The Morgan fingerprint density at radius 3 is 1.71 bits per heavy atom. The summed E-state index contributed by atoms with van der Waals surface area (Å²) < 4.78 is 5.28. The molecule has 0 spiro atoms. The molecule has 0 unspecified atom stereocenters. The van der Waals surface area contributed by atoms with Crippen LogP contribution in [0.25, 0.3) is 11.1 Å². The van der Waals surface area contributed by atoms with Crippen molar-refractivity contribution < 1.29 is 9.53 Å². The van der Waals surface area contributed by atoms with E-state index in [4.69, 9.17) is 4.74 Å². The van der Waals surface area contributed by atoms with Crippen LogP contribution in [0.15, 0.2) is 48.5 Å². The molecular weight excluding hydrogens is 260 g/mol. The maximum atomic E-state index is 11.5. The van der Waals surface area contributed by atoms with Crippen molar-refractivity contribution in [1.29, 1.82) is 0 Å². The van der Waals surface area contributed by atoms with Gasteiger partial charge in [0.1, 0.15) is 5.75 Å². The Bertz CT molecular complexity index is 592. The van der Waals surface area contributed by atoms with Crippen LogP contribution < -0.4 is 4.74 Å². The van der Waals surface area contributed by atoms with Gasteiger partial charge in [0.05, 0.1) is 5.92 Å². The summed E-state index contributed by atoms with van der Waals surface area (Å²) in [6.45, 7) is 8.03. The van der Waals surface area contributed by atoms with Gasteiger partial charge in [-0.15, -0.1) is 0 Å². The lowest BCUT2D eigenvalue weighted by molar-refractivity contribution is -0.137. The lowest BCUT2D eigenvalue weighted by atomic mass is 9.99. The second-order valence-electron chi connectivity index (χ2n) is 5.88. The van der Waals surface area contributed by atoms with Crippen LogP contribution >= 0.6 is 0 Å². The van der Waals surface area contributed by atoms with Crippen molar-refractivity contribution in [2.24, 2.45) is 5.92 Å². The van der Waals surface area contributed by atoms with Crippen LogP contribution in [-0.2, 0) is 4.79 Å². The van der Waals surface area contributed by atoms with E-state index in [2.05, 4.69) is 38.1 Å². The number of esters is 1. The minimum Gasteiger partial charge on any atom is -0.426 e. The Morgan fingerprint density at radius 2 is 1.29 bits per heavy atom. The van der Waals surface area contributed by atoms with E-state index >= 15 is 0 Å². The van der Waals surface area contributed by atoms with Crippen molar-refractivity contribution in [1.82, 2.24) is 0 Å². The second kappa shape index (κ2) is 6.57. The van der Waals surface area contributed by atoms with Crippen LogP contribution in [0.4, 0.5) is 0 Å². The molecule has 0 N–H and O–H groups in total. The van der Waals surface area contributed by atoms with Gasteiger partial charge in [-0.1, -0.05) is 64.1 Å². The summed E-state index contributed by atoms with van der Waals surface area (Å²) in [5.74, 6) is 0.811. The summed E-state index contributed by atoms with van der Waals surface area (Å²) in [4.78, 5) is 11.5. The number of hydrogen-bond acceptors (Lipinski definition) is 2. The molecule has 2 aromatic rings. The fourth-order valence-electron chi connectivity index (χ4n) is 2.01. The van der Waals surface area contributed by atoms with Crippen LogP contribution in [0, 0.1) is 5.92 Å². The molecule has 2 aromatic carbocycles. The summed E-state index contributed by atoms with van der Waals surface area (Å²) >= 11 is 0. The quantitative estimate of drug-likeness (QED) is 0.580.